The first-order chi connectivity index (χ1) is 12.7. The van der Waals surface area contributed by atoms with Gasteiger partial charge in [-0.05, 0) is 23.8 Å². The molecule has 0 spiro atoms. The molecule has 1 aromatic heterocycles. The maximum absolute atomic E-state index is 12.9. The van der Waals surface area contributed by atoms with Gasteiger partial charge in [0.1, 0.15) is 18.3 Å². The summed E-state index contributed by atoms with van der Waals surface area (Å²) in [5, 5.41) is 10.4. The second-order valence-electron chi connectivity index (χ2n) is 5.95. The number of para-hydroxylation sites is 1. The highest BCUT2D eigenvalue weighted by molar-refractivity contribution is 6.19. The summed E-state index contributed by atoms with van der Waals surface area (Å²) in [7, 11) is 0. The minimum atomic E-state index is -0.890. The fourth-order valence-corrected chi connectivity index (χ4v) is 2.99. The number of carbonyl (C=O) groups excluding carboxylic acids is 1. The lowest BCUT2D eigenvalue weighted by Crippen LogP contribution is -2.26. The zero-order valence-corrected chi connectivity index (χ0v) is 13.9. The third kappa shape index (κ3) is 2.95. The van der Waals surface area contributed by atoms with Crippen molar-refractivity contribution in [3.8, 4) is 5.75 Å². The molecule has 0 saturated heterocycles. The van der Waals surface area contributed by atoms with Crippen molar-refractivity contribution in [1.82, 2.24) is 4.98 Å². The van der Waals surface area contributed by atoms with Crippen LogP contribution in [0, 0.1) is 0 Å². The molecule has 2 aromatic carbocycles. The van der Waals surface area contributed by atoms with E-state index < -0.39 is 5.92 Å². The van der Waals surface area contributed by atoms with E-state index in [4.69, 9.17) is 4.74 Å². The topological polar surface area (TPSA) is 71.8 Å². The van der Waals surface area contributed by atoms with Crippen LogP contribution in [0.3, 0.4) is 0 Å². The lowest BCUT2D eigenvalue weighted by atomic mass is 9.88. The van der Waals surface area contributed by atoms with Gasteiger partial charge < -0.3 is 9.84 Å². The van der Waals surface area contributed by atoms with Gasteiger partial charge in [0.2, 0.25) is 5.90 Å². The Morgan fingerprint density at radius 2 is 1.73 bits per heavy atom. The van der Waals surface area contributed by atoms with Crippen LogP contribution in [0.4, 0.5) is 5.82 Å². The zero-order chi connectivity index (χ0) is 17.9. The van der Waals surface area contributed by atoms with Crippen molar-refractivity contribution in [1.29, 1.82) is 0 Å². The summed E-state index contributed by atoms with van der Waals surface area (Å²) in [4.78, 5) is 21.1. The molecule has 1 atom stereocenters. The van der Waals surface area contributed by atoms with Gasteiger partial charge in [0.15, 0.2) is 11.6 Å². The number of fused-ring (bicyclic) bond motifs is 1. The van der Waals surface area contributed by atoms with Gasteiger partial charge in [-0.15, -0.1) is 0 Å². The average Bonchev–Trinajstić information content (AvgIpc) is 2.68. The van der Waals surface area contributed by atoms with E-state index in [0.717, 1.165) is 5.56 Å². The minimum absolute atomic E-state index is 0.239. The van der Waals surface area contributed by atoms with Crippen LogP contribution in [0.15, 0.2) is 77.9 Å². The number of aliphatic imine (C=N–C) groups is 1. The van der Waals surface area contributed by atoms with Gasteiger partial charge in [0.05, 0.1) is 5.56 Å². The standard InChI is InChI=1S/C21H16N2O3/c24-19-16-10-6-12-22-20(16)23-21(25)18(19)15-9-4-5-11-17(15)26-13-14-7-2-1-3-8-14/h1-12,18H,13H2,(H,22,23,25). The Morgan fingerprint density at radius 3 is 2.58 bits per heavy atom. The van der Waals surface area contributed by atoms with Gasteiger partial charge in [-0.3, -0.25) is 4.79 Å². The van der Waals surface area contributed by atoms with Crippen molar-refractivity contribution in [2.45, 2.75) is 12.5 Å². The van der Waals surface area contributed by atoms with Crippen LogP contribution in [0.2, 0.25) is 0 Å². The molecule has 26 heavy (non-hydrogen) atoms. The van der Waals surface area contributed by atoms with Crippen LogP contribution in [-0.2, 0) is 6.61 Å². The Morgan fingerprint density at radius 1 is 0.962 bits per heavy atom. The van der Waals surface area contributed by atoms with E-state index in [1.54, 1.807) is 30.5 Å². The third-order valence-electron chi connectivity index (χ3n) is 4.26. The van der Waals surface area contributed by atoms with Crippen molar-refractivity contribution in [3.05, 3.63) is 89.6 Å². The number of ether oxygens (including phenoxy) is 1. The van der Waals surface area contributed by atoms with Gasteiger partial charge in [0, 0.05) is 11.8 Å². The number of ketones is 1. The fraction of sp³-hybridized carbons (Fsp3) is 0.0952. The number of aromatic nitrogens is 1. The van der Waals surface area contributed by atoms with E-state index in [1.807, 2.05) is 42.5 Å². The van der Waals surface area contributed by atoms with Crippen LogP contribution in [0.25, 0.3) is 0 Å². The lowest BCUT2D eigenvalue weighted by Gasteiger charge is -2.22. The predicted molar refractivity (Wildman–Crippen MR) is 98.2 cm³/mol. The first kappa shape index (κ1) is 16.0. The highest BCUT2D eigenvalue weighted by Crippen LogP contribution is 2.36. The zero-order valence-electron chi connectivity index (χ0n) is 13.9. The number of nitrogens with zero attached hydrogens (tertiary/aromatic N) is 2. The summed E-state index contributed by atoms with van der Waals surface area (Å²) in [6, 6.07) is 20.3. The molecular formula is C21H16N2O3. The average molecular weight is 344 g/mol. The van der Waals surface area contributed by atoms with Gasteiger partial charge in [-0.2, -0.15) is 4.99 Å². The number of hydrogen-bond acceptors (Lipinski definition) is 4. The van der Waals surface area contributed by atoms with E-state index in [0.29, 0.717) is 23.5 Å². The fourth-order valence-electron chi connectivity index (χ4n) is 2.99. The molecule has 4 rings (SSSR count). The Balaban J connectivity index is 1.67. The molecule has 2 heterocycles. The molecule has 1 N–H and O–H groups in total. The van der Waals surface area contributed by atoms with Crippen LogP contribution in [-0.4, -0.2) is 21.8 Å². The minimum Gasteiger partial charge on any atom is -0.496 e. The van der Waals surface area contributed by atoms with Crippen molar-refractivity contribution < 1.29 is 14.6 Å². The maximum atomic E-state index is 12.9. The summed E-state index contributed by atoms with van der Waals surface area (Å²) in [5.74, 6) is -0.607. The van der Waals surface area contributed by atoms with Crippen molar-refractivity contribution >= 4 is 17.5 Å². The normalized spacial score (nSPS) is 15.9. The van der Waals surface area contributed by atoms with Crippen LogP contribution < -0.4 is 4.74 Å². The van der Waals surface area contributed by atoms with Crippen molar-refractivity contribution in [2.24, 2.45) is 4.99 Å². The maximum Gasteiger partial charge on any atom is 0.203 e. The van der Waals surface area contributed by atoms with Crippen LogP contribution >= 0.6 is 0 Å². The summed E-state index contributed by atoms with van der Waals surface area (Å²) in [6.45, 7) is 0.370. The Bertz CT molecular complexity index is 983. The number of aliphatic hydroxyl groups excluding tert-OH is 1. The van der Waals surface area contributed by atoms with Crippen molar-refractivity contribution in [3.63, 3.8) is 0 Å². The highest BCUT2D eigenvalue weighted by Gasteiger charge is 2.35. The summed E-state index contributed by atoms with van der Waals surface area (Å²) in [5.41, 5.74) is 2.00. The lowest BCUT2D eigenvalue weighted by molar-refractivity contribution is 0.0973. The first-order valence-corrected chi connectivity index (χ1v) is 8.26. The van der Waals surface area contributed by atoms with Crippen molar-refractivity contribution in [2.75, 3.05) is 0 Å². The molecule has 0 bridgehead atoms. The molecule has 1 aliphatic heterocycles. The van der Waals surface area contributed by atoms with Gasteiger partial charge in [0.25, 0.3) is 0 Å². The monoisotopic (exact) mass is 344 g/mol. The number of carbonyl (C=O) groups is 1. The molecule has 0 fully saturated rings. The SMILES string of the molecule is O=C1c2cccnc2N=C(O)C1c1ccccc1OCc1ccccc1. The Kier molecular flexibility index (Phi) is 4.19. The van der Waals surface area contributed by atoms with E-state index in [1.165, 1.54) is 0 Å². The molecule has 128 valence electrons. The summed E-state index contributed by atoms with van der Waals surface area (Å²) < 4.78 is 5.93. The summed E-state index contributed by atoms with van der Waals surface area (Å²) in [6.07, 6.45) is 1.54. The first-order valence-electron chi connectivity index (χ1n) is 8.26. The quantitative estimate of drug-likeness (QED) is 0.769. The van der Waals surface area contributed by atoms with Gasteiger partial charge in [-0.1, -0.05) is 48.5 Å². The number of rotatable bonds is 4. The number of benzene rings is 2. The molecule has 1 aliphatic rings. The third-order valence-corrected chi connectivity index (χ3v) is 4.26. The molecule has 0 saturated carbocycles. The summed E-state index contributed by atoms with van der Waals surface area (Å²) >= 11 is 0. The number of aliphatic hydroxyl groups is 1. The van der Waals surface area contributed by atoms with Crippen LogP contribution in [0.5, 0.6) is 5.75 Å². The molecule has 3 aromatic rings. The van der Waals surface area contributed by atoms with Crippen LogP contribution in [0.1, 0.15) is 27.4 Å². The van der Waals surface area contributed by atoms with Gasteiger partial charge >= 0.3 is 0 Å². The number of pyridine rings is 1. The van der Waals surface area contributed by atoms with E-state index >= 15 is 0 Å². The Hall–Kier alpha value is -3.47. The highest BCUT2D eigenvalue weighted by atomic mass is 16.5. The molecule has 0 aliphatic carbocycles. The number of hydrogen-bond donors (Lipinski definition) is 1. The smallest absolute Gasteiger partial charge is 0.203 e. The molecule has 0 amide bonds. The largest absolute Gasteiger partial charge is 0.496 e. The molecule has 5 nitrogen and oxygen atoms in total. The second-order valence-corrected chi connectivity index (χ2v) is 5.95. The Labute approximate surface area is 150 Å². The molecular weight excluding hydrogens is 328 g/mol. The van der Waals surface area contributed by atoms with E-state index in [2.05, 4.69) is 9.98 Å². The second kappa shape index (κ2) is 6.80. The molecule has 1 unspecified atom stereocenters. The van der Waals surface area contributed by atoms with E-state index in [-0.39, 0.29) is 17.5 Å². The molecule has 0 radical (unpaired) electrons. The molecule has 5 heteroatoms. The number of Topliss-reactive ketones (excluding diaryl/α,β-unsaturated/α-hetero) is 1. The van der Waals surface area contributed by atoms with E-state index in [9.17, 15) is 9.90 Å². The predicted octanol–water partition coefficient (Wildman–Crippen LogP) is 4.23. The van der Waals surface area contributed by atoms with Gasteiger partial charge in [-0.25, -0.2) is 4.98 Å².